The Kier molecular flexibility index (Phi) is 3.21. The Morgan fingerprint density at radius 2 is 1.80 bits per heavy atom. The zero-order valence-corrected chi connectivity index (χ0v) is 11.2. The van der Waals surface area contributed by atoms with Gasteiger partial charge in [-0.25, -0.2) is 4.79 Å². The first-order valence-corrected chi connectivity index (χ1v) is 6.51. The van der Waals surface area contributed by atoms with Crippen LogP contribution in [0.15, 0.2) is 53.5 Å². The lowest BCUT2D eigenvalue weighted by Gasteiger charge is -2.08. The van der Waals surface area contributed by atoms with Gasteiger partial charge < -0.3 is 10.6 Å². The van der Waals surface area contributed by atoms with Crippen LogP contribution in [0.25, 0.3) is 0 Å². The zero-order valence-electron chi connectivity index (χ0n) is 11.2. The number of hydrogen-bond acceptors (Lipinski definition) is 2. The molecule has 2 aromatic rings. The van der Waals surface area contributed by atoms with E-state index in [9.17, 15) is 4.79 Å². The summed E-state index contributed by atoms with van der Waals surface area (Å²) in [4.78, 5) is 16.3. The standard InChI is InChI=1S/C16H15N3O/c1-11-9-12-7-8-14(10-15(12)17-11)19-16(20)18-13-5-3-2-4-6-13/h2-8,10H,9H2,1H3,(H2,18,19,20). The van der Waals surface area contributed by atoms with Crippen LogP contribution in [0.4, 0.5) is 21.9 Å². The SMILES string of the molecule is CC1=Nc2cc(NC(=O)Nc3ccccc3)ccc2C1. The van der Waals surface area contributed by atoms with E-state index in [2.05, 4.69) is 15.6 Å². The van der Waals surface area contributed by atoms with E-state index in [0.717, 1.165) is 29.2 Å². The Morgan fingerprint density at radius 1 is 1.05 bits per heavy atom. The van der Waals surface area contributed by atoms with Crippen LogP contribution in [0.2, 0.25) is 0 Å². The second-order valence-electron chi connectivity index (χ2n) is 4.81. The largest absolute Gasteiger partial charge is 0.323 e. The number of benzene rings is 2. The van der Waals surface area contributed by atoms with E-state index in [0.29, 0.717) is 0 Å². The molecule has 0 fully saturated rings. The van der Waals surface area contributed by atoms with Crippen molar-refractivity contribution in [2.45, 2.75) is 13.3 Å². The Hall–Kier alpha value is -2.62. The van der Waals surface area contributed by atoms with E-state index in [-0.39, 0.29) is 6.03 Å². The summed E-state index contributed by atoms with van der Waals surface area (Å²) in [5.74, 6) is 0. The normalized spacial score (nSPS) is 12.6. The predicted octanol–water partition coefficient (Wildman–Crippen LogP) is 3.98. The van der Waals surface area contributed by atoms with E-state index < -0.39 is 0 Å². The van der Waals surface area contributed by atoms with Crippen molar-refractivity contribution in [3.8, 4) is 0 Å². The van der Waals surface area contributed by atoms with Crippen LogP contribution >= 0.6 is 0 Å². The zero-order chi connectivity index (χ0) is 13.9. The number of nitrogens with zero attached hydrogens (tertiary/aromatic N) is 1. The van der Waals surface area contributed by atoms with Gasteiger partial charge in [0, 0.05) is 23.5 Å². The summed E-state index contributed by atoms with van der Waals surface area (Å²) in [5, 5.41) is 5.60. The summed E-state index contributed by atoms with van der Waals surface area (Å²) in [7, 11) is 0. The number of carbonyl (C=O) groups excluding carboxylic acids is 1. The number of carbonyl (C=O) groups is 1. The molecule has 1 aliphatic heterocycles. The molecule has 2 N–H and O–H groups in total. The molecule has 3 rings (SSSR count). The molecule has 2 amide bonds. The Labute approximate surface area is 117 Å². The quantitative estimate of drug-likeness (QED) is 0.847. The fourth-order valence-electron chi connectivity index (χ4n) is 2.23. The summed E-state index contributed by atoms with van der Waals surface area (Å²) >= 11 is 0. The highest BCUT2D eigenvalue weighted by molar-refractivity contribution is 6.00. The molecule has 100 valence electrons. The Bertz CT molecular complexity index is 677. The average molecular weight is 265 g/mol. The number of amides is 2. The molecule has 0 radical (unpaired) electrons. The number of fused-ring (bicyclic) bond motifs is 1. The number of nitrogens with one attached hydrogen (secondary N) is 2. The number of rotatable bonds is 2. The molecular formula is C16H15N3O. The van der Waals surface area contributed by atoms with E-state index in [1.807, 2.05) is 55.5 Å². The van der Waals surface area contributed by atoms with Gasteiger partial charge >= 0.3 is 6.03 Å². The van der Waals surface area contributed by atoms with Gasteiger partial charge in [0.05, 0.1) is 5.69 Å². The van der Waals surface area contributed by atoms with Gasteiger partial charge in [0.2, 0.25) is 0 Å². The monoisotopic (exact) mass is 265 g/mol. The molecular weight excluding hydrogens is 250 g/mol. The van der Waals surface area contributed by atoms with E-state index in [1.165, 1.54) is 5.56 Å². The smallest absolute Gasteiger partial charge is 0.308 e. The Balaban J connectivity index is 1.69. The molecule has 0 unspecified atom stereocenters. The van der Waals surface area contributed by atoms with Crippen molar-refractivity contribution in [1.82, 2.24) is 0 Å². The number of urea groups is 1. The maximum Gasteiger partial charge on any atom is 0.323 e. The van der Waals surface area contributed by atoms with Crippen molar-refractivity contribution in [1.29, 1.82) is 0 Å². The highest BCUT2D eigenvalue weighted by Gasteiger charge is 2.12. The minimum Gasteiger partial charge on any atom is -0.308 e. The van der Waals surface area contributed by atoms with Crippen LogP contribution in [0.5, 0.6) is 0 Å². The maximum atomic E-state index is 11.9. The molecule has 2 aromatic carbocycles. The molecule has 4 nitrogen and oxygen atoms in total. The van der Waals surface area contributed by atoms with Crippen molar-refractivity contribution < 1.29 is 4.79 Å². The molecule has 1 heterocycles. The Morgan fingerprint density at radius 3 is 2.60 bits per heavy atom. The molecule has 0 saturated heterocycles. The molecule has 0 aliphatic carbocycles. The van der Waals surface area contributed by atoms with Gasteiger partial charge in [0.25, 0.3) is 0 Å². The predicted molar refractivity (Wildman–Crippen MR) is 82.0 cm³/mol. The van der Waals surface area contributed by atoms with Gasteiger partial charge in [-0.3, -0.25) is 4.99 Å². The number of hydrogen-bond donors (Lipinski definition) is 2. The van der Waals surface area contributed by atoms with E-state index in [4.69, 9.17) is 0 Å². The topological polar surface area (TPSA) is 53.5 Å². The number of anilines is 2. The number of aliphatic imine (C=N–C) groups is 1. The van der Waals surface area contributed by atoms with Gasteiger partial charge in [0.15, 0.2) is 0 Å². The second-order valence-corrected chi connectivity index (χ2v) is 4.81. The van der Waals surface area contributed by atoms with Gasteiger partial charge in [-0.2, -0.15) is 0 Å². The first-order chi connectivity index (χ1) is 9.70. The average Bonchev–Trinajstić information content (AvgIpc) is 2.79. The van der Waals surface area contributed by atoms with Crippen LogP contribution < -0.4 is 10.6 Å². The third-order valence-corrected chi connectivity index (χ3v) is 3.13. The maximum absolute atomic E-state index is 11.9. The highest BCUT2D eigenvalue weighted by Crippen LogP contribution is 2.29. The minimum absolute atomic E-state index is 0.255. The van der Waals surface area contributed by atoms with Crippen molar-refractivity contribution in [2.24, 2.45) is 4.99 Å². The first-order valence-electron chi connectivity index (χ1n) is 6.51. The van der Waals surface area contributed by atoms with Crippen molar-refractivity contribution in [2.75, 3.05) is 10.6 Å². The third-order valence-electron chi connectivity index (χ3n) is 3.13. The molecule has 0 aromatic heterocycles. The lowest BCUT2D eigenvalue weighted by atomic mass is 10.1. The van der Waals surface area contributed by atoms with Crippen LogP contribution in [0.3, 0.4) is 0 Å². The van der Waals surface area contributed by atoms with Crippen molar-refractivity contribution in [3.05, 3.63) is 54.1 Å². The van der Waals surface area contributed by atoms with Crippen molar-refractivity contribution in [3.63, 3.8) is 0 Å². The highest BCUT2D eigenvalue weighted by atomic mass is 16.2. The van der Waals surface area contributed by atoms with Crippen LogP contribution in [0.1, 0.15) is 12.5 Å². The van der Waals surface area contributed by atoms with Crippen molar-refractivity contribution >= 4 is 28.8 Å². The van der Waals surface area contributed by atoms with E-state index in [1.54, 1.807) is 0 Å². The summed E-state index contributed by atoms with van der Waals surface area (Å²) in [6, 6.07) is 14.9. The number of para-hydroxylation sites is 1. The fraction of sp³-hybridized carbons (Fsp3) is 0.125. The van der Waals surface area contributed by atoms with Gasteiger partial charge in [0.1, 0.15) is 0 Å². The summed E-state index contributed by atoms with van der Waals surface area (Å²) in [6.07, 6.45) is 0.895. The van der Waals surface area contributed by atoms with Crippen LogP contribution in [-0.2, 0) is 6.42 Å². The second kappa shape index (κ2) is 5.17. The fourth-order valence-corrected chi connectivity index (χ4v) is 2.23. The van der Waals surface area contributed by atoms with Gasteiger partial charge in [-0.05, 0) is 36.8 Å². The lowest BCUT2D eigenvalue weighted by Crippen LogP contribution is -2.19. The summed E-state index contributed by atoms with van der Waals surface area (Å²) in [6.45, 7) is 2.01. The van der Waals surface area contributed by atoms with E-state index >= 15 is 0 Å². The third kappa shape index (κ3) is 2.69. The lowest BCUT2D eigenvalue weighted by molar-refractivity contribution is 0.262. The van der Waals surface area contributed by atoms with Gasteiger partial charge in [-0.15, -0.1) is 0 Å². The summed E-state index contributed by atoms with van der Waals surface area (Å²) < 4.78 is 0. The molecule has 0 saturated carbocycles. The van der Waals surface area contributed by atoms with Crippen LogP contribution in [-0.4, -0.2) is 11.7 Å². The van der Waals surface area contributed by atoms with Crippen LogP contribution in [0, 0.1) is 0 Å². The first kappa shape index (κ1) is 12.4. The summed E-state index contributed by atoms with van der Waals surface area (Å²) in [5.41, 5.74) is 4.76. The molecule has 1 aliphatic rings. The molecule has 0 spiro atoms. The van der Waals surface area contributed by atoms with Gasteiger partial charge in [-0.1, -0.05) is 24.3 Å². The molecule has 4 heteroatoms. The molecule has 20 heavy (non-hydrogen) atoms. The molecule has 0 atom stereocenters. The minimum atomic E-state index is -0.255. The molecule has 0 bridgehead atoms.